The van der Waals surface area contributed by atoms with Gasteiger partial charge in [0.05, 0.1) is 11.4 Å². The average Bonchev–Trinajstić information content (AvgIpc) is 2.92. The highest BCUT2D eigenvalue weighted by Gasteiger charge is 2.32. The number of fused-ring (bicyclic) bond motifs is 1. The van der Waals surface area contributed by atoms with Crippen LogP contribution in [0.4, 0.5) is 11.4 Å². The van der Waals surface area contributed by atoms with Crippen molar-refractivity contribution in [2.45, 2.75) is 4.21 Å². The second-order valence-electron chi connectivity index (χ2n) is 4.01. The highest BCUT2D eigenvalue weighted by atomic mass is 32.2. The van der Waals surface area contributed by atoms with Crippen molar-refractivity contribution in [3.63, 3.8) is 0 Å². The Kier molecular flexibility index (Phi) is 2.79. The molecule has 7 heteroatoms. The molecule has 98 valence electrons. The zero-order valence-electron chi connectivity index (χ0n) is 9.74. The number of carbonyl (C=O) groups is 1. The normalized spacial score (nSPS) is 14.9. The smallest absolute Gasteiger partial charge is 0.274 e. The Hall–Kier alpha value is -1.86. The molecule has 5 nitrogen and oxygen atoms in total. The maximum Gasteiger partial charge on any atom is 0.274 e. The van der Waals surface area contributed by atoms with Crippen molar-refractivity contribution in [1.29, 1.82) is 0 Å². The first kappa shape index (κ1) is 12.2. The third-order valence-electron chi connectivity index (χ3n) is 2.77. The maximum atomic E-state index is 12.5. The Morgan fingerprint density at radius 3 is 2.68 bits per heavy atom. The van der Waals surface area contributed by atoms with Crippen LogP contribution in [0.15, 0.2) is 46.0 Å². The number of hydrogen-bond donors (Lipinski definition) is 1. The van der Waals surface area contributed by atoms with Crippen LogP contribution < -0.4 is 9.62 Å². The number of sulfonamides is 1. The maximum absolute atomic E-state index is 12.5. The summed E-state index contributed by atoms with van der Waals surface area (Å²) in [6.07, 6.45) is 0. The molecule has 0 radical (unpaired) electrons. The first-order valence-electron chi connectivity index (χ1n) is 5.54. The van der Waals surface area contributed by atoms with Crippen LogP contribution in [0.2, 0.25) is 0 Å². The molecule has 19 heavy (non-hydrogen) atoms. The molecular weight excluding hydrogens is 284 g/mol. The fraction of sp³-hybridized carbons (Fsp3) is 0.0833. The fourth-order valence-electron chi connectivity index (χ4n) is 1.94. The molecule has 0 bridgehead atoms. The quantitative estimate of drug-likeness (QED) is 0.920. The molecule has 0 saturated heterocycles. The SMILES string of the molecule is O=C1CN(S(=O)(=O)c2cccs2)c2ccccc2N1. The Morgan fingerprint density at radius 2 is 1.95 bits per heavy atom. The molecule has 3 rings (SSSR count). The van der Waals surface area contributed by atoms with E-state index in [0.29, 0.717) is 11.4 Å². The van der Waals surface area contributed by atoms with E-state index < -0.39 is 10.0 Å². The number of carbonyl (C=O) groups excluding carboxylic acids is 1. The van der Waals surface area contributed by atoms with E-state index in [0.717, 1.165) is 15.6 Å². The van der Waals surface area contributed by atoms with Crippen molar-refractivity contribution in [2.24, 2.45) is 0 Å². The number of para-hydroxylation sites is 2. The van der Waals surface area contributed by atoms with E-state index in [2.05, 4.69) is 5.32 Å². The number of amides is 1. The van der Waals surface area contributed by atoms with Crippen LogP contribution in [-0.4, -0.2) is 20.9 Å². The molecule has 1 amide bonds. The second kappa shape index (κ2) is 4.36. The van der Waals surface area contributed by atoms with Crippen LogP contribution in [0.3, 0.4) is 0 Å². The summed E-state index contributed by atoms with van der Waals surface area (Å²) in [7, 11) is -3.67. The summed E-state index contributed by atoms with van der Waals surface area (Å²) in [5, 5.41) is 4.36. The molecule has 2 aromatic rings. The second-order valence-corrected chi connectivity index (χ2v) is 7.05. The first-order chi connectivity index (χ1) is 9.09. The van der Waals surface area contributed by atoms with E-state index in [9.17, 15) is 13.2 Å². The Labute approximate surface area is 114 Å². The van der Waals surface area contributed by atoms with Gasteiger partial charge in [-0.3, -0.25) is 9.10 Å². The highest BCUT2D eigenvalue weighted by Crippen LogP contribution is 2.34. The van der Waals surface area contributed by atoms with Gasteiger partial charge >= 0.3 is 0 Å². The molecule has 2 heterocycles. The zero-order valence-corrected chi connectivity index (χ0v) is 11.4. The topological polar surface area (TPSA) is 66.5 Å². The first-order valence-corrected chi connectivity index (χ1v) is 7.86. The van der Waals surface area contributed by atoms with Crippen LogP contribution in [0.25, 0.3) is 0 Å². The Balaban J connectivity index is 2.14. The molecule has 0 fully saturated rings. The van der Waals surface area contributed by atoms with E-state index in [1.54, 1.807) is 35.7 Å². The molecule has 1 aliphatic heterocycles. The van der Waals surface area contributed by atoms with E-state index >= 15 is 0 Å². The molecule has 1 aromatic carbocycles. The van der Waals surface area contributed by atoms with E-state index in [1.165, 1.54) is 6.07 Å². The van der Waals surface area contributed by atoms with Crippen molar-refractivity contribution in [3.05, 3.63) is 41.8 Å². The predicted molar refractivity (Wildman–Crippen MR) is 73.9 cm³/mol. The number of benzene rings is 1. The van der Waals surface area contributed by atoms with Crippen LogP contribution in [0.5, 0.6) is 0 Å². The van der Waals surface area contributed by atoms with Crippen molar-refractivity contribution >= 4 is 38.6 Å². The van der Waals surface area contributed by atoms with Gasteiger partial charge in [-0.25, -0.2) is 8.42 Å². The van der Waals surface area contributed by atoms with Gasteiger partial charge in [-0.1, -0.05) is 18.2 Å². The molecule has 0 aliphatic carbocycles. The van der Waals surface area contributed by atoms with E-state index in [4.69, 9.17) is 0 Å². The van der Waals surface area contributed by atoms with Gasteiger partial charge in [-0.2, -0.15) is 0 Å². The Morgan fingerprint density at radius 1 is 1.16 bits per heavy atom. The minimum absolute atomic E-state index is 0.197. The average molecular weight is 294 g/mol. The third kappa shape index (κ3) is 2.00. The highest BCUT2D eigenvalue weighted by molar-refractivity contribution is 7.94. The standard InChI is InChI=1S/C12H10N2O3S2/c15-11-8-14(10-5-2-1-4-9(10)13-11)19(16,17)12-6-3-7-18-12/h1-7H,8H2,(H,13,15). The van der Waals surface area contributed by atoms with Gasteiger partial charge in [0.15, 0.2) is 0 Å². The number of hydrogen-bond acceptors (Lipinski definition) is 4. The number of nitrogens with zero attached hydrogens (tertiary/aromatic N) is 1. The molecule has 0 saturated carbocycles. The third-order valence-corrected chi connectivity index (χ3v) is 5.91. The summed E-state index contributed by atoms with van der Waals surface area (Å²) < 4.78 is 26.4. The lowest BCUT2D eigenvalue weighted by molar-refractivity contribution is -0.115. The largest absolute Gasteiger partial charge is 0.323 e. The molecule has 0 unspecified atom stereocenters. The van der Waals surface area contributed by atoms with Gasteiger partial charge in [-0.15, -0.1) is 11.3 Å². The molecule has 1 aromatic heterocycles. The monoisotopic (exact) mass is 294 g/mol. The lowest BCUT2D eigenvalue weighted by Crippen LogP contribution is -2.41. The van der Waals surface area contributed by atoms with Crippen LogP contribution in [0.1, 0.15) is 0 Å². The van der Waals surface area contributed by atoms with Crippen LogP contribution in [-0.2, 0) is 14.8 Å². The number of nitrogens with one attached hydrogen (secondary N) is 1. The van der Waals surface area contributed by atoms with Gasteiger partial charge in [-0.05, 0) is 23.6 Å². The summed E-state index contributed by atoms with van der Waals surface area (Å²) in [6, 6.07) is 10.1. The van der Waals surface area contributed by atoms with Gasteiger partial charge < -0.3 is 5.32 Å². The fourth-order valence-corrected chi connectivity index (χ4v) is 4.48. The molecule has 1 N–H and O–H groups in total. The zero-order chi connectivity index (χ0) is 13.5. The van der Waals surface area contributed by atoms with E-state index in [-0.39, 0.29) is 16.7 Å². The minimum atomic E-state index is -3.67. The predicted octanol–water partition coefficient (Wildman–Crippen LogP) is 1.90. The minimum Gasteiger partial charge on any atom is -0.323 e. The Bertz CT molecular complexity index is 723. The summed E-state index contributed by atoms with van der Waals surface area (Å²) in [5.74, 6) is -0.334. The number of rotatable bonds is 2. The van der Waals surface area contributed by atoms with Crippen molar-refractivity contribution in [2.75, 3.05) is 16.2 Å². The van der Waals surface area contributed by atoms with Crippen LogP contribution >= 0.6 is 11.3 Å². The molecule has 1 aliphatic rings. The van der Waals surface area contributed by atoms with Crippen molar-refractivity contribution in [3.8, 4) is 0 Å². The van der Waals surface area contributed by atoms with Crippen molar-refractivity contribution in [1.82, 2.24) is 0 Å². The van der Waals surface area contributed by atoms with Gasteiger partial charge in [0.25, 0.3) is 10.0 Å². The number of thiophene rings is 1. The molecular formula is C12H10N2O3S2. The lowest BCUT2D eigenvalue weighted by Gasteiger charge is -2.29. The van der Waals surface area contributed by atoms with Crippen LogP contribution in [0, 0.1) is 0 Å². The summed E-state index contributed by atoms with van der Waals surface area (Å²) in [5.41, 5.74) is 1.01. The van der Waals surface area contributed by atoms with Gasteiger partial charge in [0.1, 0.15) is 10.8 Å². The van der Waals surface area contributed by atoms with E-state index in [1.807, 2.05) is 0 Å². The lowest BCUT2D eigenvalue weighted by atomic mass is 10.2. The summed E-state index contributed by atoms with van der Waals surface area (Å²) in [4.78, 5) is 11.6. The van der Waals surface area contributed by atoms with Gasteiger partial charge in [0.2, 0.25) is 5.91 Å². The summed E-state index contributed by atoms with van der Waals surface area (Å²) in [6.45, 7) is -0.197. The van der Waals surface area contributed by atoms with Gasteiger partial charge in [0, 0.05) is 0 Å². The van der Waals surface area contributed by atoms with Crippen molar-refractivity contribution < 1.29 is 13.2 Å². The number of anilines is 2. The molecule has 0 atom stereocenters. The molecule has 0 spiro atoms. The summed E-state index contributed by atoms with van der Waals surface area (Å²) >= 11 is 1.14.